The highest BCUT2D eigenvalue weighted by molar-refractivity contribution is 9.10. The van der Waals surface area contributed by atoms with E-state index < -0.39 is 5.54 Å². The first-order valence-electron chi connectivity index (χ1n) is 7.84. The first-order chi connectivity index (χ1) is 10.4. The Hall–Kier alpha value is -0.910. The van der Waals surface area contributed by atoms with Crippen LogP contribution < -0.4 is 11.1 Å². The molecule has 0 aromatic heterocycles. The SMILES string of the molecule is CC(N)(C(=O)NCC1(CCO)CCCC1)c1ccc(Br)cc1. The van der Waals surface area contributed by atoms with Crippen LogP contribution in [0.15, 0.2) is 28.7 Å². The van der Waals surface area contributed by atoms with E-state index in [-0.39, 0.29) is 17.9 Å². The Labute approximate surface area is 140 Å². The summed E-state index contributed by atoms with van der Waals surface area (Å²) in [6.07, 6.45) is 5.21. The molecule has 1 fully saturated rings. The van der Waals surface area contributed by atoms with E-state index in [9.17, 15) is 9.90 Å². The fourth-order valence-electron chi connectivity index (χ4n) is 3.26. The van der Waals surface area contributed by atoms with Crippen LogP contribution in [-0.2, 0) is 10.3 Å². The molecule has 1 aromatic carbocycles. The molecule has 0 saturated heterocycles. The normalized spacial score (nSPS) is 19.6. The molecule has 1 aliphatic rings. The number of hydrogen-bond donors (Lipinski definition) is 3. The van der Waals surface area contributed by atoms with Gasteiger partial charge in [0.1, 0.15) is 5.54 Å². The Morgan fingerprint density at radius 1 is 1.36 bits per heavy atom. The van der Waals surface area contributed by atoms with Gasteiger partial charge in [0.2, 0.25) is 5.91 Å². The van der Waals surface area contributed by atoms with Gasteiger partial charge in [0.05, 0.1) is 0 Å². The molecule has 0 aliphatic heterocycles. The van der Waals surface area contributed by atoms with Crippen molar-refractivity contribution in [1.29, 1.82) is 0 Å². The number of carbonyl (C=O) groups is 1. The van der Waals surface area contributed by atoms with Crippen LogP contribution in [0.25, 0.3) is 0 Å². The molecule has 2 rings (SSSR count). The number of benzene rings is 1. The van der Waals surface area contributed by atoms with Gasteiger partial charge in [-0.3, -0.25) is 4.79 Å². The lowest BCUT2D eigenvalue weighted by molar-refractivity contribution is -0.126. The molecule has 4 N–H and O–H groups in total. The topological polar surface area (TPSA) is 75.4 Å². The van der Waals surface area contributed by atoms with Crippen LogP contribution in [0.5, 0.6) is 0 Å². The van der Waals surface area contributed by atoms with Crippen molar-refractivity contribution in [3.63, 3.8) is 0 Å². The van der Waals surface area contributed by atoms with Gasteiger partial charge in [-0.05, 0) is 49.3 Å². The van der Waals surface area contributed by atoms with Gasteiger partial charge < -0.3 is 16.2 Å². The summed E-state index contributed by atoms with van der Waals surface area (Å²) in [4.78, 5) is 12.5. The number of amides is 1. The zero-order valence-electron chi connectivity index (χ0n) is 13.1. The van der Waals surface area contributed by atoms with E-state index in [0.29, 0.717) is 6.54 Å². The fourth-order valence-corrected chi connectivity index (χ4v) is 3.52. The highest BCUT2D eigenvalue weighted by Crippen LogP contribution is 2.40. The maximum Gasteiger partial charge on any atom is 0.244 e. The van der Waals surface area contributed by atoms with Gasteiger partial charge in [-0.15, -0.1) is 0 Å². The van der Waals surface area contributed by atoms with Crippen LogP contribution in [-0.4, -0.2) is 24.2 Å². The zero-order valence-corrected chi connectivity index (χ0v) is 14.7. The molecule has 1 atom stereocenters. The Morgan fingerprint density at radius 3 is 2.50 bits per heavy atom. The lowest BCUT2D eigenvalue weighted by Crippen LogP contribution is -2.51. The molecule has 1 saturated carbocycles. The smallest absolute Gasteiger partial charge is 0.244 e. The number of halogens is 1. The molecule has 0 spiro atoms. The summed E-state index contributed by atoms with van der Waals surface area (Å²) in [5.41, 5.74) is 6.03. The second kappa shape index (κ2) is 7.11. The average molecular weight is 369 g/mol. The molecule has 1 aliphatic carbocycles. The summed E-state index contributed by atoms with van der Waals surface area (Å²) in [7, 11) is 0. The van der Waals surface area contributed by atoms with Crippen LogP contribution in [0.4, 0.5) is 0 Å². The molecule has 22 heavy (non-hydrogen) atoms. The Balaban J connectivity index is 2.02. The Morgan fingerprint density at radius 2 is 1.95 bits per heavy atom. The van der Waals surface area contributed by atoms with Crippen LogP contribution in [0.3, 0.4) is 0 Å². The molecule has 122 valence electrons. The number of aliphatic hydroxyl groups is 1. The summed E-state index contributed by atoms with van der Waals surface area (Å²) in [6.45, 7) is 2.50. The summed E-state index contributed by atoms with van der Waals surface area (Å²) >= 11 is 3.38. The fraction of sp³-hybridized carbons (Fsp3) is 0.588. The lowest BCUT2D eigenvalue weighted by atomic mass is 9.82. The van der Waals surface area contributed by atoms with Crippen molar-refractivity contribution in [2.75, 3.05) is 13.2 Å². The highest BCUT2D eigenvalue weighted by atomic mass is 79.9. The van der Waals surface area contributed by atoms with Crippen molar-refractivity contribution in [2.24, 2.45) is 11.1 Å². The van der Waals surface area contributed by atoms with Crippen LogP contribution in [0, 0.1) is 5.41 Å². The zero-order chi connectivity index (χ0) is 16.2. The van der Waals surface area contributed by atoms with Crippen molar-refractivity contribution in [1.82, 2.24) is 5.32 Å². The van der Waals surface area contributed by atoms with Gasteiger partial charge in [-0.2, -0.15) is 0 Å². The minimum absolute atomic E-state index is 0.0419. The van der Waals surface area contributed by atoms with Crippen molar-refractivity contribution >= 4 is 21.8 Å². The number of hydrogen-bond acceptors (Lipinski definition) is 3. The maximum atomic E-state index is 12.5. The van der Waals surface area contributed by atoms with Crippen molar-refractivity contribution in [2.45, 2.75) is 44.6 Å². The third kappa shape index (κ3) is 3.89. The first-order valence-corrected chi connectivity index (χ1v) is 8.63. The average Bonchev–Trinajstić information content (AvgIpc) is 2.94. The van der Waals surface area contributed by atoms with Gasteiger partial charge in [0, 0.05) is 17.6 Å². The van der Waals surface area contributed by atoms with Crippen molar-refractivity contribution in [3.8, 4) is 0 Å². The van der Waals surface area contributed by atoms with Gasteiger partial charge >= 0.3 is 0 Å². The highest BCUT2D eigenvalue weighted by Gasteiger charge is 2.36. The van der Waals surface area contributed by atoms with Crippen molar-refractivity contribution < 1.29 is 9.90 Å². The summed E-state index contributed by atoms with van der Waals surface area (Å²) in [5, 5.41) is 12.3. The molecule has 1 unspecified atom stereocenters. The quantitative estimate of drug-likeness (QED) is 0.722. The third-order valence-electron chi connectivity index (χ3n) is 4.85. The minimum Gasteiger partial charge on any atom is -0.396 e. The molecule has 0 radical (unpaired) electrons. The summed E-state index contributed by atoms with van der Waals surface area (Å²) in [5.74, 6) is -0.168. The predicted octanol–water partition coefficient (Wildman–Crippen LogP) is 2.68. The number of aliphatic hydroxyl groups excluding tert-OH is 1. The second-order valence-electron chi connectivity index (χ2n) is 6.57. The molecular formula is C17H25BrN2O2. The monoisotopic (exact) mass is 368 g/mol. The first kappa shape index (κ1) is 17.4. The minimum atomic E-state index is -1.06. The van der Waals surface area contributed by atoms with Gasteiger partial charge in [-0.25, -0.2) is 0 Å². The van der Waals surface area contributed by atoms with Gasteiger partial charge in [-0.1, -0.05) is 40.9 Å². The molecule has 1 amide bonds. The Bertz CT molecular complexity index is 508. The lowest BCUT2D eigenvalue weighted by Gasteiger charge is -2.31. The van der Waals surface area contributed by atoms with E-state index in [1.54, 1.807) is 6.92 Å². The van der Waals surface area contributed by atoms with Crippen molar-refractivity contribution in [3.05, 3.63) is 34.3 Å². The summed E-state index contributed by atoms with van der Waals surface area (Å²) in [6, 6.07) is 7.50. The van der Waals surface area contributed by atoms with E-state index in [4.69, 9.17) is 5.73 Å². The summed E-state index contributed by atoms with van der Waals surface area (Å²) < 4.78 is 0.959. The van der Waals surface area contributed by atoms with E-state index in [0.717, 1.165) is 29.3 Å². The van der Waals surface area contributed by atoms with E-state index in [1.807, 2.05) is 24.3 Å². The third-order valence-corrected chi connectivity index (χ3v) is 5.37. The molecule has 0 bridgehead atoms. The largest absolute Gasteiger partial charge is 0.396 e. The maximum absolute atomic E-state index is 12.5. The number of rotatable bonds is 6. The molecular weight excluding hydrogens is 344 g/mol. The van der Waals surface area contributed by atoms with E-state index in [1.165, 1.54) is 12.8 Å². The molecule has 0 heterocycles. The van der Waals surface area contributed by atoms with E-state index in [2.05, 4.69) is 21.2 Å². The number of nitrogens with two attached hydrogens (primary N) is 1. The van der Waals surface area contributed by atoms with Gasteiger partial charge in [0.25, 0.3) is 0 Å². The van der Waals surface area contributed by atoms with E-state index >= 15 is 0 Å². The predicted molar refractivity (Wildman–Crippen MR) is 91.3 cm³/mol. The molecule has 4 nitrogen and oxygen atoms in total. The standard InChI is InChI=1S/C17H25BrN2O2/c1-16(19,13-4-6-14(18)7-5-13)15(22)20-12-17(10-11-21)8-2-3-9-17/h4-7,21H,2-3,8-12,19H2,1H3,(H,20,22). The Kier molecular flexibility index (Phi) is 5.64. The van der Waals surface area contributed by atoms with Gasteiger partial charge in [0.15, 0.2) is 0 Å². The molecule has 1 aromatic rings. The van der Waals surface area contributed by atoms with Crippen LogP contribution >= 0.6 is 15.9 Å². The number of carbonyl (C=O) groups excluding carboxylic acids is 1. The second-order valence-corrected chi connectivity index (χ2v) is 7.49. The molecule has 5 heteroatoms. The van der Waals surface area contributed by atoms with Crippen LogP contribution in [0.1, 0.15) is 44.6 Å². The number of nitrogens with one attached hydrogen (secondary N) is 1. The van der Waals surface area contributed by atoms with Crippen LogP contribution in [0.2, 0.25) is 0 Å².